The van der Waals surface area contributed by atoms with Crippen molar-refractivity contribution in [2.24, 2.45) is 39.6 Å². The summed E-state index contributed by atoms with van der Waals surface area (Å²) in [4.78, 5) is 134. The number of rotatable bonds is 28. The lowest BCUT2D eigenvalue weighted by Crippen LogP contribution is -2.58. The molecule has 4 fully saturated rings. The average molecular weight is 1140 g/mol. The fraction of sp³-hybridized carbons (Fsp3) is 0.615. The second-order valence-corrected chi connectivity index (χ2v) is 21.9. The number of thiophene rings is 1. The summed E-state index contributed by atoms with van der Waals surface area (Å²) in [5.41, 5.74) is 28.8. The Labute approximate surface area is 468 Å². The lowest BCUT2D eigenvalue weighted by Gasteiger charge is -2.35. The molecule has 3 aliphatic heterocycles. The van der Waals surface area contributed by atoms with Crippen LogP contribution in [0.4, 0.5) is 0 Å². The maximum absolute atomic E-state index is 14.4. The fourth-order valence-corrected chi connectivity index (χ4v) is 11.8. The maximum Gasteiger partial charge on any atom is 0.326 e. The smallest absolute Gasteiger partial charge is 0.326 e. The van der Waals surface area contributed by atoms with Crippen LogP contribution in [0.3, 0.4) is 0 Å². The van der Waals surface area contributed by atoms with Gasteiger partial charge < -0.3 is 84.9 Å². The summed E-state index contributed by atoms with van der Waals surface area (Å²) in [6.07, 6.45) is 2.96. The zero-order valence-corrected chi connectivity index (χ0v) is 45.7. The number of aliphatic hydroxyl groups is 2. The molecule has 440 valence electrons. The van der Waals surface area contributed by atoms with Crippen LogP contribution >= 0.6 is 11.3 Å². The van der Waals surface area contributed by atoms with E-state index < -0.39 is 128 Å². The van der Waals surface area contributed by atoms with Crippen molar-refractivity contribution in [1.29, 1.82) is 0 Å². The van der Waals surface area contributed by atoms with E-state index in [4.69, 9.17) is 28.7 Å². The number of nitrogens with one attached hydrogen (secondary N) is 5. The third kappa shape index (κ3) is 17.3. The summed E-state index contributed by atoms with van der Waals surface area (Å²) in [6, 6.07) is 3.39. The first kappa shape index (κ1) is 62.4. The summed E-state index contributed by atoms with van der Waals surface area (Å²) >= 11 is 1.29. The first-order valence-electron chi connectivity index (χ1n) is 27.3. The minimum Gasteiger partial charge on any atom is -0.480 e. The highest BCUT2D eigenvalue weighted by Crippen LogP contribution is 2.40. The quantitative estimate of drug-likeness (QED) is 0.0167. The molecule has 1 aliphatic carbocycles. The van der Waals surface area contributed by atoms with Gasteiger partial charge in [0.1, 0.15) is 49.1 Å². The number of benzene rings is 1. The van der Waals surface area contributed by atoms with E-state index in [0.29, 0.717) is 49.1 Å². The van der Waals surface area contributed by atoms with Gasteiger partial charge in [0, 0.05) is 49.9 Å². The highest BCUT2D eigenvalue weighted by atomic mass is 32.1. The molecule has 1 saturated carbocycles. The molecule has 3 saturated heterocycles. The molecule has 8 amide bonds. The number of aliphatic carboxylic acids is 1. The van der Waals surface area contributed by atoms with Crippen LogP contribution in [0.2, 0.25) is 0 Å². The van der Waals surface area contributed by atoms with Crippen molar-refractivity contribution in [3.63, 3.8) is 0 Å². The molecule has 0 bridgehead atoms. The number of guanidine groups is 1. The van der Waals surface area contributed by atoms with Gasteiger partial charge in [0.15, 0.2) is 5.96 Å². The van der Waals surface area contributed by atoms with Crippen molar-refractivity contribution >= 4 is 70.5 Å². The molecule has 18 N–H and O–H groups in total. The van der Waals surface area contributed by atoms with Gasteiger partial charge in [-0.05, 0) is 87.3 Å². The second-order valence-electron chi connectivity index (χ2n) is 20.9. The Hall–Kier alpha value is -6.82. The van der Waals surface area contributed by atoms with Gasteiger partial charge in [0.25, 0.3) is 0 Å². The van der Waals surface area contributed by atoms with Crippen molar-refractivity contribution in [3.05, 3.63) is 58.3 Å². The van der Waals surface area contributed by atoms with E-state index >= 15 is 0 Å². The van der Waals surface area contributed by atoms with Gasteiger partial charge >= 0.3 is 5.97 Å². The SMILES string of the molecule is NC(N)=NCCC[C@@H](N)C(=O)N[C@@H](CCCNC(N)N)C(=O)N1CCC[C@H]1C(=O)N1C[C@H](O)C[C@H]1C(=O)NCC(=O)N[C@@H](Cc1cccs1)C(=O)N[C@@H](CO)C(=O)N(CC(=O)N1C2CCCCC2C[C@H]1C(=O)O)Cc1ccccc1. The van der Waals surface area contributed by atoms with Crippen LogP contribution in [0.15, 0.2) is 52.8 Å². The number of hydrogen-bond acceptors (Lipinski definition) is 17. The lowest BCUT2D eigenvalue weighted by molar-refractivity contribution is -0.152. The van der Waals surface area contributed by atoms with E-state index in [1.807, 2.05) is 0 Å². The number of hydrogen-bond donors (Lipinski definition) is 13. The Morgan fingerprint density at radius 3 is 2.23 bits per heavy atom. The number of amides is 8. The summed E-state index contributed by atoms with van der Waals surface area (Å²) in [7, 11) is 0. The number of likely N-dealkylation sites (tertiary alicyclic amines) is 3. The molecule has 28 heteroatoms. The van der Waals surface area contributed by atoms with E-state index in [-0.39, 0.29) is 76.2 Å². The standard InChI is InChI=1S/C52H79N15O12S/c53-34(14-6-18-58-51(54)55)44(72)62-35(15-7-19-59-52(56)57)48(76)65-20-8-17-39(65)49(77)66-27-32(69)23-40(66)46(74)60-25-42(70)61-36(24-33-13-9-21-80-33)45(73)63-37(29-68)47(75)64(26-30-10-2-1-3-11-30)28-43(71)67-38-16-5-4-12-31(38)22-41(67)50(78)79/h1-3,9-11,13,21,31-32,34-41,52,59,68-69H,4-8,12,14-20,22-29,53,56-57H2,(H,60,74)(H,61,70)(H,62,72)(H,63,73)(H,78,79)(H4,54,55,58)/t31?,32-,34-,35+,36+,37+,38?,39+,40+,41+/m1/s1. The molecule has 4 aliphatic rings. The number of β-amino-alcohol motifs (C(OH)–C–C–N with tert-alkyl or cyclic N) is 1. The van der Waals surface area contributed by atoms with Crippen molar-refractivity contribution in [2.45, 2.75) is 151 Å². The minimum absolute atomic E-state index is 0.0130. The van der Waals surface area contributed by atoms with Crippen molar-refractivity contribution in [2.75, 3.05) is 45.9 Å². The van der Waals surface area contributed by atoms with Crippen LogP contribution < -0.4 is 55.3 Å². The molecule has 80 heavy (non-hydrogen) atoms. The molecule has 2 aromatic rings. The van der Waals surface area contributed by atoms with Gasteiger partial charge in [-0.3, -0.25) is 48.7 Å². The van der Waals surface area contributed by atoms with E-state index in [9.17, 15) is 58.5 Å². The molecule has 4 heterocycles. The molecular weight excluding hydrogens is 1060 g/mol. The van der Waals surface area contributed by atoms with Crippen LogP contribution in [0.1, 0.15) is 87.5 Å². The number of carbonyl (C=O) groups is 9. The zero-order chi connectivity index (χ0) is 58.0. The number of carbonyl (C=O) groups excluding carboxylic acids is 8. The Morgan fingerprint density at radius 1 is 0.800 bits per heavy atom. The van der Waals surface area contributed by atoms with E-state index in [2.05, 4.69) is 31.6 Å². The van der Waals surface area contributed by atoms with E-state index in [0.717, 1.165) is 24.2 Å². The molecule has 10 atom stereocenters. The van der Waals surface area contributed by atoms with Crippen molar-refractivity contribution < 1.29 is 58.5 Å². The maximum atomic E-state index is 14.4. The minimum atomic E-state index is -1.61. The van der Waals surface area contributed by atoms with Gasteiger partial charge in [-0.15, -0.1) is 11.3 Å². The number of aliphatic hydroxyl groups excluding tert-OH is 2. The Bertz CT molecular complexity index is 2490. The van der Waals surface area contributed by atoms with Crippen LogP contribution in [0.25, 0.3) is 0 Å². The molecule has 0 radical (unpaired) electrons. The Balaban J connectivity index is 1.10. The first-order valence-corrected chi connectivity index (χ1v) is 28.2. The highest BCUT2D eigenvalue weighted by molar-refractivity contribution is 7.09. The molecule has 0 spiro atoms. The third-order valence-corrected chi connectivity index (χ3v) is 15.9. The Morgan fingerprint density at radius 2 is 1.54 bits per heavy atom. The van der Waals surface area contributed by atoms with E-state index in [1.165, 1.54) is 26.0 Å². The number of carboxylic acids is 1. The van der Waals surface area contributed by atoms with Crippen molar-refractivity contribution in [1.82, 2.24) is 46.2 Å². The predicted octanol–water partition coefficient (Wildman–Crippen LogP) is -3.97. The lowest BCUT2D eigenvalue weighted by atomic mass is 9.85. The Kier molecular flexibility index (Phi) is 23.5. The van der Waals surface area contributed by atoms with Gasteiger partial charge in [0.05, 0.1) is 25.3 Å². The van der Waals surface area contributed by atoms with Crippen LogP contribution in [-0.4, -0.2) is 201 Å². The third-order valence-electron chi connectivity index (χ3n) is 15.0. The number of fused-ring (bicyclic) bond motifs is 1. The van der Waals surface area contributed by atoms with Gasteiger partial charge in [-0.2, -0.15) is 0 Å². The number of carboxylic acid groups (broad SMARTS) is 1. The van der Waals surface area contributed by atoms with Gasteiger partial charge in [-0.1, -0.05) is 49.2 Å². The van der Waals surface area contributed by atoms with Crippen LogP contribution in [0.5, 0.6) is 0 Å². The first-order chi connectivity index (χ1) is 38.3. The molecule has 1 aromatic carbocycles. The van der Waals surface area contributed by atoms with Gasteiger partial charge in [0.2, 0.25) is 47.3 Å². The highest BCUT2D eigenvalue weighted by Gasteiger charge is 2.49. The van der Waals surface area contributed by atoms with Crippen LogP contribution in [0, 0.1) is 5.92 Å². The normalized spacial score (nSPS) is 22.1. The summed E-state index contributed by atoms with van der Waals surface area (Å²) in [5.74, 6) is -6.94. The number of nitrogens with two attached hydrogens (primary N) is 5. The largest absolute Gasteiger partial charge is 0.480 e. The molecule has 6 rings (SSSR count). The topological polar surface area (TPSA) is 430 Å². The summed E-state index contributed by atoms with van der Waals surface area (Å²) < 4.78 is 0. The molecule has 2 unspecified atom stereocenters. The molecule has 27 nitrogen and oxygen atoms in total. The van der Waals surface area contributed by atoms with E-state index in [1.54, 1.807) is 47.8 Å². The average Bonchev–Trinajstić information content (AvgIpc) is 4.32. The molecular formula is C52H79N15O12S. The predicted molar refractivity (Wildman–Crippen MR) is 293 cm³/mol. The van der Waals surface area contributed by atoms with Crippen molar-refractivity contribution in [3.8, 4) is 0 Å². The monoisotopic (exact) mass is 1140 g/mol. The van der Waals surface area contributed by atoms with Gasteiger partial charge in [-0.25, -0.2) is 4.79 Å². The summed E-state index contributed by atoms with van der Waals surface area (Å²) in [6.45, 7) is -1.81. The number of aliphatic imine (C=N–C) groups is 1. The fourth-order valence-electron chi connectivity index (χ4n) is 11.1. The second kappa shape index (κ2) is 30.1. The zero-order valence-electron chi connectivity index (χ0n) is 44.9. The number of nitrogens with zero attached hydrogens (tertiary/aromatic N) is 5. The molecule has 1 aromatic heterocycles. The summed E-state index contributed by atoms with van der Waals surface area (Å²) in [5, 5.41) is 46.6. The van der Waals surface area contributed by atoms with Crippen LogP contribution in [-0.2, 0) is 56.1 Å².